The zero-order chi connectivity index (χ0) is 6.53. The van der Waals surface area contributed by atoms with Crippen LogP contribution in [0.25, 0.3) is 0 Å². The molecule has 0 aliphatic carbocycles. The van der Waals surface area contributed by atoms with Crippen LogP contribution in [-0.2, 0) is 0 Å². The molecule has 1 unspecified atom stereocenters. The van der Waals surface area contributed by atoms with Crippen LogP contribution in [0.3, 0.4) is 0 Å². The largest absolute Gasteiger partial charge is 0.329 e. The fourth-order valence-electron chi connectivity index (χ4n) is 0.983. The lowest BCUT2D eigenvalue weighted by Gasteiger charge is -2.08. The van der Waals surface area contributed by atoms with Gasteiger partial charge in [0.1, 0.15) is 0 Å². The van der Waals surface area contributed by atoms with Gasteiger partial charge in [-0.25, -0.2) is 0 Å². The summed E-state index contributed by atoms with van der Waals surface area (Å²) in [5.41, 5.74) is 5.34. The van der Waals surface area contributed by atoms with Crippen LogP contribution >= 0.6 is 11.8 Å². The van der Waals surface area contributed by atoms with Crippen molar-refractivity contribution in [2.24, 2.45) is 5.73 Å². The van der Waals surface area contributed by atoms with Gasteiger partial charge in [-0.1, -0.05) is 0 Å². The fourth-order valence-corrected chi connectivity index (χ4v) is 2.17. The Morgan fingerprint density at radius 1 is 1.67 bits per heavy atom. The number of nitrogens with two attached hydrogens (primary N) is 1. The number of hydrogen-bond donors (Lipinski definition) is 2. The number of thioether (sulfide) groups is 1. The molecule has 0 saturated carbocycles. The maximum Gasteiger partial charge on any atom is 0.0166 e. The molecule has 3 heteroatoms. The quantitative estimate of drug-likeness (QED) is 0.590. The van der Waals surface area contributed by atoms with E-state index in [2.05, 4.69) is 5.32 Å². The fraction of sp³-hybridized carbons (Fsp3) is 1.00. The van der Waals surface area contributed by atoms with Crippen LogP contribution < -0.4 is 11.1 Å². The van der Waals surface area contributed by atoms with Gasteiger partial charge in [0.2, 0.25) is 0 Å². The number of nitrogens with one attached hydrogen (secondary N) is 1. The van der Waals surface area contributed by atoms with Gasteiger partial charge in [0, 0.05) is 24.9 Å². The van der Waals surface area contributed by atoms with Crippen molar-refractivity contribution in [1.82, 2.24) is 5.32 Å². The van der Waals surface area contributed by atoms with Gasteiger partial charge in [0.05, 0.1) is 0 Å². The third kappa shape index (κ3) is 2.56. The van der Waals surface area contributed by atoms with Crippen molar-refractivity contribution in [2.75, 3.05) is 24.6 Å². The van der Waals surface area contributed by atoms with Crippen LogP contribution in [0.2, 0.25) is 0 Å². The van der Waals surface area contributed by atoms with E-state index in [-0.39, 0.29) is 0 Å². The van der Waals surface area contributed by atoms with Gasteiger partial charge in [-0.2, -0.15) is 11.8 Å². The van der Waals surface area contributed by atoms with E-state index in [1.165, 1.54) is 17.9 Å². The summed E-state index contributed by atoms with van der Waals surface area (Å²) in [6.45, 7) is 1.74. The molecule has 1 aliphatic heterocycles. The Morgan fingerprint density at radius 3 is 3.11 bits per heavy atom. The third-order valence-corrected chi connectivity index (χ3v) is 2.67. The smallest absolute Gasteiger partial charge is 0.0166 e. The normalized spacial score (nSPS) is 27.0. The molecule has 0 amide bonds. The summed E-state index contributed by atoms with van der Waals surface area (Å²) in [7, 11) is 0. The van der Waals surface area contributed by atoms with E-state index >= 15 is 0 Å². The summed E-state index contributed by atoms with van der Waals surface area (Å²) in [6.07, 6.45) is 1.32. The van der Waals surface area contributed by atoms with Crippen molar-refractivity contribution in [3.05, 3.63) is 0 Å². The van der Waals surface area contributed by atoms with E-state index in [4.69, 9.17) is 5.73 Å². The highest BCUT2D eigenvalue weighted by Gasteiger charge is 2.12. The first-order chi connectivity index (χ1) is 4.43. The molecule has 1 atom stereocenters. The summed E-state index contributed by atoms with van der Waals surface area (Å²) in [5, 5.41) is 3.39. The van der Waals surface area contributed by atoms with Crippen LogP contribution in [0.4, 0.5) is 0 Å². The monoisotopic (exact) mass is 146 g/mol. The first-order valence-electron chi connectivity index (χ1n) is 3.44. The summed E-state index contributed by atoms with van der Waals surface area (Å²) < 4.78 is 0. The topological polar surface area (TPSA) is 38.0 Å². The summed E-state index contributed by atoms with van der Waals surface area (Å²) in [6, 6.07) is 0.749. The van der Waals surface area contributed by atoms with Crippen LogP contribution in [-0.4, -0.2) is 30.6 Å². The van der Waals surface area contributed by atoms with Crippen molar-refractivity contribution in [2.45, 2.75) is 12.5 Å². The molecule has 2 nitrogen and oxygen atoms in total. The van der Waals surface area contributed by atoms with Gasteiger partial charge in [0.15, 0.2) is 0 Å². The predicted octanol–water partition coefficient (Wildman–Crippen LogP) is 0.0402. The average Bonchev–Trinajstić information content (AvgIpc) is 2.34. The van der Waals surface area contributed by atoms with Gasteiger partial charge < -0.3 is 11.1 Å². The molecule has 1 heterocycles. The predicted molar refractivity (Wildman–Crippen MR) is 42.8 cm³/mol. The molecule has 0 aromatic heterocycles. The molecule has 3 N–H and O–H groups in total. The second kappa shape index (κ2) is 4.14. The molecule has 0 spiro atoms. The summed E-state index contributed by atoms with van der Waals surface area (Å²) in [5.74, 6) is 2.60. The van der Waals surface area contributed by atoms with E-state index in [1.54, 1.807) is 0 Å². The molecule has 9 heavy (non-hydrogen) atoms. The maximum atomic E-state index is 5.34. The standard InChI is InChI=1S/C6H14N2S/c7-2-3-8-6-1-4-9-5-6/h6,8H,1-5,7H2. The molecular formula is C6H14N2S. The lowest BCUT2D eigenvalue weighted by atomic mass is 10.3. The van der Waals surface area contributed by atoms with Gasteiger partial charge in [0.25, 0.3) is 0 Å². The highest BCUT2D eigenvalue weighted by Crippen LogP contribution is 2.16. The molecule has 0 radical (unpaired) electrons. The molecule has 1 rings (SSSR count). The molecule has 1 saturated heterocycles. The Hall–Kier alpha value is 0.270. The average molecular weight is 146 g/mol. The van der Waals surface area contributed by atoms with Crippen molar-refractivity contribution < 1.29 is 0 Å². The van der Waals surface area contributed by atoms with Crippen molar-refractivity contribution in [3.63, 3.8) is 0 Å². The molecule has 0 aromatic rings. The Labute approximate surface area is 60.6 Å². The Balaban J connectivity index is 1.98. The minimum absolute atomic E-state index is 0.749. The Kier molecular flexibility index (Phi) is 3.40. The SMILES string of the molecule is NCCNC1CCSC1. The van der Waals surface area contributed by atoms with Gasteiger partial charge in [-0.15, -0.1) is 0 Å². The molecule has 1 aliphatic rings. The van der Waals surface area contributed by atoms with E-state index in [1.807, 2.05) is 11.8 Å². The van der Waals surface area contributed by atoms with Crippen LogP contribution in [0.15, 0.2) is 0 Å². The zero-order valence-electron chi connectivity index (χ0n) is 5.60. The highest BCUT2D eigenvalue weighted by molar-refractivity contribution is 7.99. The van der Waals surface area contributed by atoms with Crippen molar-refractivity contribution in [1.29, 1.82) is 0 Å². The molecule has 0 bridgehead atoms. The third-order valence-electron chi connectivity index (χ3n) is 1.51. The summed E-state index contributed by atoms with van der Waals surface area (Å²) >= 11 is 2.03. The molecule has 1 fully saturated rings. The van der Waals surface area contributed by atoms with Gasteiger partial charge in [-0.05, 0) is 12.2 Å². The first-order valence-corrected chi connectivity index (χ1v) is 4.60. The molecular weight excluding hydrogens is 132 g/mol. The van der Waals surface area contributed by atoms with E-state index in [0.717, 1.165) is 19.1 Å². The molecule has 54 valence electrons. The Morgan fingerprint density at radius 2 is 2.56 bits per heavy atom. The minimum atomic E-state index is 0.749. The highest BCUT2D eigenvalue weighted by atomic mass is 32.2. The van der Waals surface area contributed by atoms with Gasteiger partial charge >= 0.3 is 0 Å². The Bertz CT molecular complexity index is 71.5. The minimum Gasteiger partial charge on any atom is -0.329 e. The summed E-state index contributed by atoms with van der Waals surface area (Å²) in [4.78, 5) is 0. The number of hydrogen-bond acceptors (Lipinski definition) is 3. The number of rotatable bonds is 3. The van der Waals surface area contributed by atoms with Crippen molar-refractivity contribution in [3.8, 4) is 0 Å². The maximum absolute atomic E-state index is 5.34. The van der Waals surface area contributed by atoms with Crippen LogP contribution in [0.5, 0.6) is 0 Å². The second-order valence-electron chi connectivity index (χ2n) is 2.30. The molecule has 0 aromatic carbocycles. The second-order valence-corrected chi connectivity index (χ2v) is 3.45. The van der Waals surface area contributed by atoms with E-state index in [0.29, 0.717) is 0 Å². The lowest BCUT2D eigenvalue weighted by Crippen LogP contribution is -2.32. The van der Waals surface area contributed by atoms with E-state index < -0.39 is 0 Å². The first kappa shape index (κ1) is 7.38. The lowest BCUT2D eigenvalue weighted by molar-refractivity contribution is 0.565. The van der Waals surface area contributed by atoms with Crippen LogP contribution in [0.1, 0.15) is 6.42 Å². The zero-order valence-corrected chi connectivity index (χ0v) is 6.41. The van der Waals surface area contributed by atoms with Crippen molar-refractivity contribution >= 4 is 11.8 Å². The van der Waals surface area contributed by atoms with Gasteiger partial charge in [-0.3, -0.25) is 0 Å². The van der Waals surface area contributed by atoms with Crippen LogP contribution in [0, 0.1) is 0 Å². The van der Waals surface area contributed by atoms with E-state index in [9.17, 15) is 0 Å².